The van der Waals surface area contributed by atoms with Gasteiger partial charge in [-0.2, -0.15) is 0 Å². The first-order chi connectivity index (χ1) is 12.4. The van der Waals surface area contributed by atoms with E-state index in [2.05, 4.69) is 15.5 Å². The first kappa shape index (κ1) is 18.8. The van der Waals surface area contributed by atoms with E-state index in [-0.39, 0.29) is 11.7 Å². The summed E-state index contributed by atoms with van der Waals surface area (Å²) in [6.07, 6.45) is 2.67. The van der Waals surface area contributed by atoms with Crippen LogP contribution in [0.3, 0.4) is 0 Å². The number of aromatic nitrogens is 4. The maximum absolute atomic E-state index is 12.2. The van der Waals surface area contributed by atoms with Crippen molar-refractivity contribution in [3.63, 3.8) is 0 Å². The Hall–Kier alpha value is -1.96. The van der Waals surface area contributed by atoms with Crippen LogP contribution in [0.4, 0.5) is 5.69 Å². The Balaban J connectivity index is 1.60. The number of amides is 1. The molecule has 2 aromatic heterocycles. The Morgan fingerprint density at radius 2 is 2.04 bits per heavy atom. The van der Waals surface area contributed by atoms with Gasteiger partial charge in [0.05, 0.1) is 16.5 Å². The average molecular weight is 410 g/mol. The zero-order valence-corrected chi connectivity index (χ0v) is 16.6. The molecule has 3 rings (SSSR count). The van der Waals surface area contributed by atoms with Gasteiger partial charge in [0.1, 0.15) is 5.82 Å². The number of aryl methyl sites for hydroxylation is 1. The minimum absolute atomic E-state index is 0.189. The molecule has 6 nitrogen and oxygen atoms in total. The molecule has 0 bridgehead atoms. The fourth-order valence-electron chi connectivity index (χ4n) is 2.38. The maximum atomic E-state index is 12.2. The molecular weight excluding hydrogens is 393 g/mol. The average Bonchev–Trinajstić information content (AvgIpc) is 3.16. The molecule has 1 amide bonds. The minimum Gasteiger partial charge on any atom is -0.354 e. The maximum Gasteiger partial charge on any atom is 0.234 e. The van der Waals surface area contributed by atoms with E-state index in [0.717, 1.165) is 11.5 Å². The SMILES string of the molecule is Cn1cccc1Cc1nnc(SCC(=O)Nc2cc(Cl)ccc2Cl)n1C. The summed E-state index contributed by atoms with van der Waals surface area (Å²) in [7, 11) is 3.89. The first-order valence-corrected chi connectivity index (χ1v) is 9.54. The number of thioether (sulfide) groups is 1. The minimum atomic E-state index is -0.189. The number of carbonyl (C=O) groups excluding carboxylic acids is 1. The summed E-state index contributed by atoms with van der Waals surface area (Å²) < 4.78 is 3.95. The standard InChI is InChI=1S/C17H17Cl2N5OS/c1-23-7-3-4-12(23)9-15-21-22-17(24(15)2)26-10-16(25)20-14-8-11(18)5-6-13(14)19/h3-8H,9-10H2,1-2H3,(H,20,25). The molecule has 0 saturated carbocycles. The molecule has 1 aromatic carbocycles. The second-order valence-electron chi connectivity index (χ2n) is 5.71. The summed E-state index contributed by atoms with van der Waals surface area (Å²) in [4.78, 5) is 12.2. The highest BCUT2D eigenvalue weighted by molar-refractivity contribution is 7.99. The van der Waals surface area contributed by atoms with Gasteiger partial charge >= 0.3 is 0 Å². The van der Waals surface area contributed by atoms with Crippen LogP contribution in [0.25, 0.3) is 0 Å². The van der Waals surface area contributed by atoms with Gasteiger partial charge in [-0.25, -0.2) is 0 Å². The number of benzene rings is 1. The lowest BCUT2D eigenvalue weighted by molar-refractivity contribution is -0.113. The highest BCUT2D eigenvalue weighted by atomic mass is 35.5. The van der Waals surface area contributed by atoms with E-state index in [9.17, 15) is 4.79 Å². The molecule has 0 radical (unpaired) electrons. The van der Waals surface area contributed by atoms with Gasteiger partial charge in [-0.15, -0.1) is 10.2 Å². The van der Waals surface area contributed by atoms with Crippen molar-refractivity contribution in [3.8, 4) is 0 Å². The van der Waals surface area contributed by atoms with Gasteiger partial charge in [0.25, 0.3) is 0 Å². The number of nitrogens with zero attached hydrogens (tertiary/aromatic N) is 4. The summed E-state index contributed by atoms with van der Waals surface area (Å²) in [5, 5.41) is 12.8. The number of halogens is 2. The molecule has 136 valence electrons. The van der Waals surface area contributed by atoms with Crippen LogP contribution in [0.5, 0.6) is 0 Å². The van der Waals surface area contributed by atoms with Crippen LogP contribution in [0.2, 0.25) is 10.0 Å². The zero-order chi connectivity index (χ0) is 18.7. The van der Waals surface area contributed by atoms with Gasteiger partial charge in [-0.05, 0) is 30.3 Å². The second kappa shape index (κ2) is 8.16. The number of hydrogen-bond donors (Lipinski definition) is 1. The Bertz CT molecular complexity index is 937. The second-order valence-corrected chi connectivity index (χ2v) is 7.49. The fraction of sp³-hybridized carbons (Fsp3) is 0.235. The van der Waals surface area contributed by atoms with Crippen LogP contribution >= 0.6 is 35.0 Å². The van der Waals surface area contributed by atoms with Crippen molar-refractivity contribution in [2.24, 2.45) is 14.1 Å². The number of anilines is 1. The highest BCUT2D eigenvalue weighted by Crippen LogP contribution is 2.26. The lowest BCUT2D eigenvalue weighted by Gasteiger charge is -2.08. The largest absolute Gasteiger partial charge is 0.354 e. The van der Waals surface area contributed by atoms with Gasteiger partial charge in [-0.1, -0.05) is 35.0 Å². The third kappa shape index (κ3) is 4.41. The summed E-state index contributed by atoms with van der Waals surface area (Å²) in [5.41, 5.74) is 1.64. The van der Waals surface area contributed by atoms with Crippen LogP contribution < -0.4 is 5.32 Å². The molecule has 0 spiro atoms. The van der Waals surface area contributed by atoms with Gasteiger partial charge in [0, 0.05) is 37.4 Å². The number of hydrogen-bond acceptors (Lipinski definition) is 4. The Morgan fingerprint density at radius 3 is 2.77 bits per heavy atom. The summed E-state index contributed by atoms with van der Waals surface area (Å²) in [5.74, 6) is 0.845. The molecular formula is C17H17Cl2N5OS. The molecule has 0 atom stereocenters. The lowest BCUT2D eigenvalue weighted by atomic mass is 10.3. The molecule has 0 unspecified atom stereocenters. The smallest absolute Gasteiger partial charge is 0.234 e. The van der Waals surface area contributed by atoms with Crippen molar-refractivity contribution >= 4 is 46.6 Å². The molecule has 0 aliphatic carbocycles. The monoisotopic (exact) mass is 409 g/mol. The molecule has 0 fully saturated rings. The van der Waals surface area contributed by atoms with Crippen molar-refractivity contribution in [3.05, 3.63) is 58.1 Å². The molecule has 3 aromatic rings. The van der Waals surface area contributed by atoms with Crippen LogP contribution in [0.1, 0.15) is 11.5 Å². The molecule has 0 aliphatic rings. The molecule has 0 saturated heterocycles. The van der Waals surface area contributed by atoms with Crippen LogP contribution in [-0.2, 0) is 25.3 Å². The van der Waals surface area contributed by atoms with Gasteiger partial charge < -0.3 is 14.5 Å². The number of carbonyl (C=O) groups is 1. The lowest BCUT2D eigenvalue weighted by Crippen LogP contribution is -2.15. The molecule has 1 N–H and O–H groups in total. The molecule has 26 heavy (non-hydrogen) atoms. The summed E-state index contributed by atoms with van der Waals surface area (Å²) in [6, 6.07) is 8.97. The first-order valence-electron chi connectivity index (χ1n) is 7.80. The van der Waals surface area contributed by atoms with E-state index in [1.165, 1.54) is 11.8 Å². The number of rotatable bonds is 6. The third-order valence-electron chi connectivity index (χ3n) is 3.85. The van der Waals surface area contributed by atoms with E-state index in [1.54, 1.807) is 18.2 Å². The Labute approximate surface area is 165 Å². The van der Waals surface area contributed by atoms with E-state index in [1.807, 2.05) is 41.6 Å². The summed E-state index contributed by atoms with van der Waals surface area (Å²) >= 11 is 13.3. The van der Waals surface area contributed by atoms with Crippen molar-refractivity contribution in [2.75, 3.05) is 11.1 Å². The topological polar surface area (TPSA) is 64.7 Å². The Kier molecular flexibility index (Phi) is 5.90. The summed E-state index contributed by atoms with van der Waals surface area (Å²) in [6.45, 7) is 0. The fourth-order valence-corrected chi connectivity index (χ4v) is 3.44. The predicted molar refractivity (Wildman–Crippen MR) is 105 cm³/mol. The van der Waals surface area contributed by atoms with Crippen molar-refractivity contribution in [2.45, 2.75) is 11.6 Å². The zero-order valence-electron chi connectivity index (χ0n) is 14.2. The third-order valence-corrected chi connectivity index (χ3v) is 5.44. The Morgan fingerprint density at radius 1 is 1.23 bits per heavy atom. The number of nitrogens with one attached hydrogen (secondary N) is 1. The van der Waals surface area contributed by atoms with Crippen molar-refractivity contribution in [1.82, 2.24) is 19.3 Å². The van der Waals surface area contributed by atoms with Gasteiger partial charge in [0.15, 0.2) is 5.16 Å². The van der Waals surface area contributed by atoms with E-state index in [4.69, 9.17) is 23.2 Å². The van der Waals surface area contributed by atoms with E-state index >= 15 is 0 Å². The molecule has 2 heterocycles. The van der Waals surface area contributed by atoms with E-state index in [0.29, 0.717) is 27.3 Å². The van der Waals surface area contributed by atoms with E-state index < -0.39 is 0 Å². The van der Waals surface area contributed by atoms with Crippen molar-refractivity contribution in [1.29, 1.82) is 0 Å². The van der Waals surface area contributed by atoms with Gasteiger partial charge in [0.2, 0.25) is 5.91 Å². The normalized spacial score (nSPS) is 10.9. The predicted octanol–water partition coefficient (Wildman–Crippen LogP) is 3.78. The van der Waals surface area contributed by atoms with Crippen LogP contribution in [0, 0.1) is 0 Å². The highest BCUT2D eigenvalue weighted by Gasteiger charge is 2.13. The van der Waals surface area contributed by atoms with Crippen LogP contribution in [-0.4, -0.2) is 31.0 Å². The molecule has 0 aliphatic heterocycles. The molecule has 9 heteroatoms. The van der Waals surface area contributed by atoms with Crippen molar-refractivity contribution < 1.29 is 4.79 Å². The van der Waals surface area contributed by atoms with Gasteiger partial charge in [-0.3, -0.25) is 4.79 Å². The van der Waals surface area contributed by atoms with Crippen LogP contribution in [0.15, 0.2) is 41.7 Å². The quantitative estimate of drug-likeness (QED) is 0.629.